The maximum Gasteiger partial charge on any atom is 0.258 e. The molecule has 0 saturated heterocycles. The van der Waals surface area contributed by atoms with Crippen molar-refractivity contribution in [1.82, 2.24) is 15.1 Å². The summed E-state index contributed by atoms with van der Waals surface area (Å²) in [5.41, 5.74) is 2.39. The Hall–Kier alpha value is -3.03. The molecule has 4 unspecified atom stereocenters. The lowest BCUT2D eigenvalue weighted by atomic mass is 9.60. The predicted octanol–water partition coefficient (Wildman–Crippen LogP) is 3.42. The molecule has 1 aliphatic heterocycles. The number of hydrogen-bond acceptors (Lipinski definition) is 5. The molecular weight excluding hydrogens is 408 g/mol. The zero-order valence-corrected chi connectivity index (χ0v) is 19.0. The summed E-state index contributed by atoms with van der Waals surface area (Å²) in [6.07, 6.45) is 3.21. The molecule has 2 heterocycles. The van der Waals surface area contributed by atoms with Crippen molar-refractivity contribution in [3.63, 3.8) is 0 Å². The zero-order valence-electron chi connectivity index (χ0n) is 19.0. The molecule has 6 rings (SSSR count). The van der Waals surface area contributed by atoms with Gasteiger partial charge in [0.25, 0.3) is 5.91 Å². The number of amides is 2. The predicted molar refractivity (Wildman–Crippen MR) is 119 cm³/mol. The molecule has 170 valence electrons. The van der Waals surface area contributed by atoms with Crippen LogP contribution in [0.3, 0.4) is 0 Å². The molecule has 2 amide bonds. The molecule has 0 radical (unpaired) electrons. The molecule has 32 heavy (non-hydrogen) atoms. The van der Waals surface area contributed by atoms with Crippen LogP contribution in [0.1, 0.15) is 54.4 Å². The smallest absolute Gasteiger partial charge is 0.258 e. The van der Waals surface area contributed by atoms with Gasteiger partial charge in [-0.3, -0.25) is 14.3 Å². The van der Waals surface area contributed by atoms with E-state index in [-0.39, 0.29) is 29.6 Å². The average Bonchev–Trinajstić information content (AvgIpc) is 3.06. The van der Waals surface area contributed by atoms with Crippen LogP contribution in [0.5, 0.6) is 11.5 Å². The van der Waals surface area contributed by atoms with Crippen LogP contribution >= 0.6 is 0 Å². The first-order valence-electron chi connectivity index (χ1n) is 11.4. The Balaban J connectivity index is 1.36. The maximum absolute atomic E-state index is 13.3. The Morgan fingerprint density at radius 3 is 2.84 bits per heavy atom. The fraction of sp³-hybridized carbons (Fsp3) is 0.542. The summed E-state index contributed by atoms with van der Waals surface area (Å²) in [7, 11) is 1.60. The van der Waals surface area contributed by atoms with Gasteiger partial charge in [-0.1, -0.05) is 0 Å². The summed E-state index contributed by atoms with van der Waals surface area (Å²) in [6, 6.07) is 5.27. The Morgan fingerprint density at radius 2 is 2.19 bits per heavy atom. The van der Waals surface area contributed by atoms with Crippen LogP contribution in [-0.2, 0) is 11.3 Å². The highest BCUT2D eigenvalue weighted by Crippen LogP contribution is 2.53. The number of aryl methyl sites for hydroxylation is 2. The van der Waals surface area contributed by atoms with Crippen molar-refractivity contribution in [3.8, 4) is 11.5 Å². The van der Waals surface area contributed by atoms with E-state index < -0.39 is 5.72 Å². The monoisotopic (exact) mass is 438 g/mol. The highest BCUT2D eigenvalue weighted by Gasteiger charge is 2.57. The molecule has 2 N–H and O–H groups in total. The summed E-state index contributed by atoms with van der Waals surface area (Å²) in [4.78, 5) is 26.2. The summed E-state index contributed by atoms with van der Waals surface area (Å²) in [6.45, 7) is 6.71. The largest absolute Gasteiger partial charge is 0.497 e. The third-order valence-corrected chi connectivity index (χ3v) is 7.53. The summed E-state index contributed by atoms with van der Waals surface area (Å²) < 4.78 is 13.7. The van der Waals surface area contributed by atoms with Gasteiger partial charge in [-0.2, -0.15) is 5.10 Å². The molecular formula is C24H30N4O4. The number of nitrogens with zero attached hydrogens (tertiary/aromatic N) is 2. The first-order chi connectivity index (χ1) is 15.3. The molecule has 8 heteroatoms. The quantitative estimate of drug-likeness (QED) is 0.763. The number of carbonyl (C=O) groups is 2. The topological polar surface area (TPSA) is 94.5 Å². The number of nitrogens with one attached hydrogen (secondary N) is 2. The van der Waals surface area contributed by atoms with Gasteiger partial charge in [0, 0.05) is 30.9 Å². The second kappa shape index (κ2) is 7.53. The highest BCUT2D eigenvalue weighted by molar-refractivity contribution is 5.99. The van der Waals surface area contributed by atoms with Crippen molar-refractivity contribution >= 4 is 17.5 Å². The van der Waals surface area contributed by atoms with Crippen molar-refractivity contribution in [1.29, 1.82) is 0 Å². The van der Waals surface area contributed by atoms with Crippen molar-refractivity contribution < 1.29 is 19.1 Å². The number of fused-ring (bicyclic) bond motifs is 3. The van der Waals surface area contributed by atoms with E-state index in [9.17, 15) is 9.59 Å². The Morgan fingerprint density at radius 1 is 1.38 bits per heavy atom. The second-order valence-electron chi connectivity index (χ2n) is 9.24. The minimum absolute atomic E-state index is 0.0422. The summed E-state index contributed by atoms with van der Waals surface area (Å²) in [5.74, 6) is 1.25. The van der Waals surface area contributed by atoms with Crippen LogP contribution in [0.15, 0.2) is 18.2 Å². The van der Waals surface area contributed by atoms with Gasteiger partial charge in [0.15, 0.2) is 5.72 Å². The number of anilines is 1. The fourth-order valence-corrected chi connectivity index (χ4v) is 5.84. The molecule has 8 nitrogen and oxygen atoms in total. The van der Waals surface area contributed by atoms with Gasteiger partial charge in [0.2, 0.25) is 5.91 Å². The van der Waals surface area contributed by atoms with Gasteiger partial charge in [0.05, 0.1) is 29.7 Å². The van der Waals surface area contributed by atoms with E-state index in [1.165, 1.54) is 0 Å². The minimum atomic E-state index is -0.755. The SMILES string of the molecule is CCn1nc(C)c(NC(=O)C2CC3CCC2CC32NC(=O)c3ccc(OC)cc3O2)c1C. The van der Waals surface area contributed by atoms with E-state index in [1.54, 1.807) is 25.3 Å². The number of methoxy groups -OCH3 is 1. The number of ether oxygens (including phenoxy) is 2. The van der Waals surface area contributed by atoms with E-state index >= 15 is 0 Å². The van der Waals surface area contributed by atoms with Crippen LogP contribution in [-0.4, -0.2) is 34.4 Å². The number of benzene rings is 1. The lowest BCUT2D eigenvalue weighted by Crippen LogP contribution is -2.66. The molecule has 1 aromatic carbocycles. The standard InChI is InChI=1S/C24H30N4O4/c1-5-28-14(3)21(13(2)27-28)25-22(29)19-10-16-7-6-15(19)12-24(16)26-23(30)18-9-8-17(31-4)11-20(18)32-24/h8-9,11,15-16,19H,5-7,10,12H2,1-4H3,(H,25,29)(H,26,30). The highest BCUT2D eigenvalue weighted by atomic mass is 16.5. The van der Waals surface area contributed by atoms with Crippen molar-refractivity contribution in [3.05, 3.63) is 35.2 Å². The van der Waals surface area contributed by atoms with Gasteiger partial charge in [-0.15, -0.1) is 0 Å². The fourth-order valence-electron chi connectivity index (χ4n) is 5.84. The zero-order chi connectivity index (χ0) is 22.6. The van der Waals surface area contributed by atoms with E-state index in [0.717, 1.165) is 36.5 Å². The summed E-state index contributed by atoms with van der Waals surface area (Å²) in [5, 5.41) is 10.8. The second-order valence-corrected chi connectivity index (χ2v) is 9.24. The number of rotatable bonds is 4. The summed E-state index contributed by atoms with van der Waals surface area (Å²) >= 11 is 0. The molecule has 3 saturated carbocycles. The Kier molecular flexibility index (Phi) is 4.91. The maximum atomic E-state index is 13.3. The van der Waals surface area contributed by atoms with Gasteiger partial charge in [0.1, 0.15) is 11.5 Å². The lowest BCUT2D eigenvalue weighted by Gasteiger charge is -2.55. The van der Waals surface area contributed by atoms with Crippen LogP contribution in [0.4, 0.5) is 5.69 Å². The normalized spacial score (nSPS) is 28.1. The number of aromatic nitrogens is 2. The van der Waals surface area contributed by atoms with Crippen LogP contribution in [0.2, 0.25) is 0 Å². The third-order valence-electron chi connectivity index (χ3n) is 7.53. The molecule has 1 aromatic heterocycles. The van der Waals surface area contributed by atoms with E-state index in [0.29, 0.717) is 29.9 Å². The van der Waals surface area contributed by atoms with Gasteiger partial charge in [-0.05, 0) is 58.1 Å². The van der Waals surface area contributed by atoms with Crippen LogP contribution < -0.4 is 20.1 Å². The first-order valence-corrected chi connectivity index (χ1v) is 11.4. The molecule has 4 atom stereocenters. The lowest BCUT2D eigenvalue weighted by molar-refractivity contribution is -0.142. The molecule has 1 spiro atoms. The van der Waals surface area contributed by atoms with Crippen LogP contribution in [0.25, 0.3) is 0 Å². The molecule has 4 aliphatic rings. The molecule has 3 fully saturated rings. The third kappa shape index (κ3) is 3.15. The van der Waals surface area contributed by atoms with Gasteiger partial charge >= 0.3 is 0 Å². The van der Waals surface area contributed by atoms with E-state index in [2.05, 4.69) is 15.7 Å². The average molecular weight is 439 g/mol. The van der Waals surface area contributed by atoms with Gasteiger partial charge in [-0.25, -0.2) is 0 Å². The molecule has 2 aromatic rings. The minimum Gasteiger partial charge on any atom is -0.497 e. The molecule has 2 bridgehead atoms. The van der Waals surface area contributed by atoms with Gasteiger partial charge < -0.3 is 20.1 Å². The van der Waals surface area contributed by atoms with E-state index in [4.69, 9.17) is 9.47 Å². The Labute approximate surface area is 187 Å². The van der Waals surface area contributed by atoms with Crippen molar-refractivity contribution in [2.45, 2.75) is 58.7 Å². The number of hydrogen-bond donors (Lipinski definition) is 2. The van der Waals surface area contributed by atoms with Crippen molar-refractivity contribution in [2.24, 2.45) is 17.8 Å². The van der Waals surface area contributed by atoms with E-state index in [1.807, 2.05) is 25.5 Å². The van der Waals surface area contributed by atoms with Crippen LogP contribution in [0, 0.1) is 31.6 Å². The first kappa shape index (κ1) is 20.8. The number of carbonyl (C=O) groups excluding carboxylic acids is 2. The molecule has 3 aliphatic carbocycles. The Bertz CT molecular complexity index is 1090. The van der Waals surface area contributed by atoms with Crippen molar-refractivity contribution in [2.75, 3.05) is 12.4 Å².